The summed E-state index contributed by atoms with van der Waals surface area (Å²) in [6.45, 7) is 1.15. The van der Waals surface area contributed by atoms with E-state index in [0.29, 0.717) is 40.3 Å². The minimum absolute atomic E-state index is 0.442. The molecule has 21 heavy (non-hydrogen) atoms. The Bertz CT molecular complexity index is 641. The van der Waals surface area contributed by atoms with E-state index in [1.807, 2.05) is 0 Å². The van der Waals surface area contributed by atoms with Gasteiger partial charge < -0.3 is 14.6 Å². The smallest absolute Gasteiger partial charge is 0.179 e. The molecule has 1 N–H and O–H groups in total. The molecular weight excluding hydrogens is 311 g/mol. The van der Waals surface area contributed by atoms with Crippen molar-refractivity contribution in [2.24, 2.45) is 0 Å². The first-order chi connectivity index (χ1) is 10.1. The second-order valence-electron chi connectivity index (χ2n) is 4.83. The predicted molar refractivity (Wildman–Crippen MR) is 82.6 cm³/mol. The highest BCUT2D eigenvalue weighted by Crippen LogP contribution is 2.40. The average Bonchev–Trinajstić information content (AvgIpc) is 2.73. The van der Waals surface area contributed by atoms with Crippen molar-refractivity contribution < 1.29 is 14.6 Å². The lowest BCUT2D eigenvalue weighted by Crippen LogP contribution is -2.01. The maximum Gasteiger partial charge on any atom is 0.179 e. The largest absolute Gasteiger partial charge is 0.489 e. The van der Waals surface area contributed by atoms with Crippen molar-refractivity contribution in [3.05, 3.63) is 57.6 Å². The van der Waals surface area contributed by atoms with Crippen LogP contribution in [0.15, 0.2) is 36.4 Å². The summed E-state index contributed by atoms with van der Waals surface area (Å²) >= 11 is 12.1. The number of aliphatic hydroxyl groups is 1. The van der Waals surface area contributed by atoms with E-state index in [9.17, 15) is 5.11 Å². The van der Waals surface area contributed by atoms with Crippen LogP contribution < -0.4 is 9.47 Å². The van der Waals surface area contributed by atoms with Gasteiger partial charge in [0, 0.05) is 11.4 Å². The second kappa shape index (κ2) is 6.14. The summed E-state index contributed by atoms with van der Waals surface area (Å²) in [7, 11) is 0. The third kappa shape index (κ3) is 3.10. The molecule has 0 saturated heterocycles. The van der Waals surface area contributed by atoms with Crippen LogP contribution in [0.3, 0.4) is 0 Å². The van der Waals surface area contributed by atoms with Crippen LogP contribution >= 0.6 is 23.2 Å². The van der Waals surface area contributed by atoms with Gasteiger partial charge in [0.15, 0.2) is 11.5 Å². The summed E-state index contributed by atoms with van der Waals surface area (Å²) in [4.78, 5) is 0. The first-order valence-electron chi connectivity index (χ1n) is 6.68. The zero-order valence-corrected chi connectivity index (χ0v) is 12.7. The molecule has 2 aromatic carbocycles. The van der Waals surface area contributed by atoms with Gasteiger partial charge in [0.1, 0.15) is 6.10 Å². The molecule has 0 radical (unpaired) electrons. The first-order valence-corrected chi connectivity index (χ1v) is 7.43. The zero-order valence-electron chi connectivity index (χ0n) is 11.2. The highest BCUT2D eigenvalue weighted by molar-refractivity contribution is 6.32. The molecule has 0 fully saturated rings. The number of hydrogen-bond acceptors (Lipinski definition) is 3. The summed E-state index contributed by atoms with van der Waals surface area (Å²) in [5.41, 5.74) is 1.40. The molecule has 0 saturated carbocycles. The summed E-state index contributed by atoms with van der Waals surface area (Å²) in [5.74, 6) is 1.12. The standard InChI is InChI=1S/C16H14Cl2O3/c17-12-4-2-10(3-5-12)15(19)11-8-13(18)16-14(9-11)20-6-1-7-21-16/h2-5,8-9,15,19H,1,6-7H2. The van der Waals surface area contributed by atoms with Crippen molar-refractivity contribution in [3.8, 4) is 11.5 Å². The van der Waals surface area contributed by atoms with Crippen LogP contribution in [0.1, 0.15) is 23.7 Å². The molecular formula is C16H14Cl2O3. The van der Waals surface area contributed by atoms with Gasteiger partial charge in [-0.3, -0.25) is 0 Å². The molecule has 0 bridgehead atoms. The number of fused-ring (bicyclic) bond motifs is 1. The van der Waals surface area contributed by atoms with Crippen molar-refractivity contribution in [2.45, 2.75) is 12.5 Å². The van der Waals surface area contributed by atoms with E-state index in [2.05, 4.69) is 0 Å². The van der Waals surface area contributed by atoms with E-state index in [1.54, 1.807) is 36.4 Å². The van der Waals surface area contributed by atoms with Gasteiger partial charge in [-0.15, -0.1) is 0 Å². The van der Waals surface area contributed by atoms with Crippen LogP contribution in [-0.2, 0) is 0 Å². The van der Waals surface area contributed by atoms with Crippen molar-refractivity contribution >= 4 is 23.2 Å². The monoisotopic (exact) mass is 324 g/mol. The number of halogens is 2. The summed E-state index contributed by atoms with van der Waals surface area (Å²) < 4.78 is 11.2. The molecule has 0 aliphatic carbocycles. The number of aliphatic hydroxyl groups excluding tert-OH is 1. The highest BCUT2D eigenvalue weighted by atomic mass is 35.5. The van der Waals surface area contributed by atoms with Crippen LogP contribution in [-0.4, -0.2) is 18.3 Å². The molecule has 0 amide bonds. The van der Waals surface area contributed by atoms with Crippen LogP contribution in [0.25, 0.3) is 0 Å². The molecule has 1 unspecified atom stereocenters. The lowest BCUT2D eigenvalue weighted by atomic mass is 10.0. The number of ether oxygens (including phenoxy) is 2. The molecule has 1 aliphatic rings. The van der Waals surface area contributed by atoms with Gasteiger partial charge in [0.25, 0.3) is 0 Å². The minimum Gasteiger partial charge on any atom is -0.489 e. The predicted octanol–water partition coefficient (Wildman–Crippen LogP) is 4.24. The maximum absolute atomic E-state index is 10.5. The third-order valence-electron chi connectivity index (χ3n) is 3.33. The van der Waals surface area contributed by atoms with Gasteiger partial charge in [-0.05, 0) is 35.4 Å². The van der Waals surface area contributed by atoms with Gasteiger partial charge in [-0.25, -0.2) is 0 Å². The zero-order chi connectivity index (χ0) is 14.8. The molecule has 0 spiro atoms. The lowest BCUT2D eigenvalue weighted by molar-refractivity contribution is 0.219. The molecule has 5 heteroatoms. The molecule has 2 aromatic rings. The van der Waals surface area contributed by atoms with E-state index < -0.39 is 6.10 Å². The fourth-order valence-electron chi connectivity index (χ4n) is 2.25. The minimum atomic E-state index is -0.795. The van der Waals surface area contributed by atoms with Crippen molar-refractivity contribution in [1.29, 1.82) is 0 Å². The Balaban J connectivity index is 1.97. The SMILES string of the molecule is OC(c1ccc(Cl)cc1)c1cc(Cl)c2c(c1)OCCCO2. The topological polar surface area (TPSA) is 38.7 Å². The van der Waals surface area contributed by atoms with Crippen LogP contribution in [0.4, 0.5) is 0 Å². The van der Waals surface area contributed by atoms with Crippen LogP contribution in [0.2, 0.25) is 10.0 Å². The third-order valence-corrected chi connectivity index (χ3v) is 3.86. The molecule has 1 heterocycles. The summed E-state index contributed by atoms with van der Waals surface area (Å²) in [5, 5.41) is 11.6. The molecule has 0 aromatic heterocycles. The van der Waals surface area contributed by atoms with Gasteiger partial charge >= 0.3 is 0 Å². The first kappa shape index (κ1) is 14.5. The van der Waals surface area contributed by atoms with Crippen molar-refractivity contribution in [1.82, 2.24) is 0 Å². The van der Waals surface area contributed by atoms with Gasteiger partial charge in [0.2, 0.25) is 0 Å². The van der Waals surface area contributed by atoms with Crippen molar-refractivity contribution in [2.75, 3.05) is 13.2 Å². The second-order valence-corrected chi connectivity index (χ2v) is 5.68. The lowest BCUT2D eigenvalue weighted by Gasteiger charge is -2.16. The van der Waals surface area contributed by atoms with Gasteiger partial charge in [-0.2, -0.15) is 0 Å². The van der Waals surface area contributed by atoms with Crippen LogP contribution in [0.5, 0.6) is 11.5 Å². The number of benzene rings is 2. The van der Waals surface area contributed by atoms with E-state index in [-0.39, 0.29) is 0 Å². The molecule has 1 atom stereocenters. The molecule has 110 valence electrons. The Hall–Kier alpha value is -1.42. The highest BCUT2D eigenvalue weighted by Gasteiger charge is 2.19. The van der Waals surface area contributed by atoms with Crippen LogP contribution in [0, 0.1) is 0 Å². The normalized spacial score (nSPS) is 15.4. The Morgan fingerprint density at radius 3 is 2.43 bits per heavy atom. The van der Waals surface area contributed by atoms with Crippen molar-refractivity contribution in [3.63, 3.8) is 0 Å². The fourth-order valence-corrected chi connectivity index (χ4v) is 2.65. The van der Waals surface area contributed by atoms with E-state index in [1.165, 1.54) is 0 Å². The Kier molecular flexibility index (Phi) is 4.24. The quantitative estimate of drug-likeness (QED) is 0.898. The number of hydrogen-bond donors (Lipinski definition) is 1. The number of rotatable bonds is 2. The summed E-state index contributed by atoms with van der Waals surface area (Å²) in [6.07, 6.45) is 0.0111. The van der Waals surface area contributed by atoms with E-state index in [4.69, 9.17) is 32.7 Å². The Morgan fingerprint density at radius 1 is 0.952 bits per heavy atom. The van der Waals surface area contributed by atoms with E-state index >= 15 is 0 Å². The Morgan fingerprint density at radius 2 is 1.67 bits per heavy atom. The average molecular weight is 325 g/mol. The molecule has 3 nitrogen and oxygen atoms in total. The Labute approximate surface area is 133 Å². The molecule has 1 aliphatic heterocycles. The molecule has 3 rings (SSSR count). The van der Waals surface area contributed by atoms with Gasteiger partial charge in [0.05, 0.1) is 18.2 Å². The summed E-state index contributed by atoms with van der Waals surface area (Å²) in [6, 6.07) is 10.5. The van der Waals surface area contributed by atoms with E-state index in [0.717, 1.165) is 12.0 Å². The van der Waals surface area contributed by atoms with Gasteiger partial charge in [-0.1, -0.05) is 35.3 Å². The maximum atomic E-state index is 10.5. The fraction of sp³-hybridized carbons (Fsp3) is 0.250.